The molecule has 3 atom stereocenters. The van der Waals surface area contributed by atoms with Crippen molar-refractivity contribution < 1.29 is 9.53 Å². The molecular weight excluding hydrogens is 248 g/mol. The summed E-state index contributed by atoms with van der Waals surface area (Å²) in [5.41, 5.74) is 0. The molecule has 118 valence electrons. The summed E-state index contributed by atoms with van der Waals surface area (Å²) in [6.07, 6.45) is 9.18. The van der Waals surface area contributed by atoms with Crippen LogP contribution in [-0.4, -0.2) is 19.5 Å². The Bertz CT molecular complexity index is 273. The number of hydrogen-bond acceptors (Lipinski definition) is 2. The molecule has 20 heavy (non-hydrogen) atoms. The van der Waals surface area contributed by atoms with Crippen molar-refractivity contribution in [1.82, 2.24) is 0 Å². The highest BCUT2D eigenvalue weighted by Crippen LogP contribution is 2.40. The summed E-state index contributed by atoms with van der Waals surface area (Å²) in [5.74, 6) is 2.79. The Morgan fingerprint density at radius 1 is 1.20 bits per heavy atom. The van der Waals surface area contributed by atoms with E-state index in [0.717, 1.165) is 31.8 Å². The van der Waals surface area contributed by atoms with E-state index in [9.17, 15) is 4.79 Å². The average Bonchev–Trinajstić information content (AvgIpc) is 2.76. The van der Waals surface area contributed by atoms with E-state index in [-0.39, 0.29) is 0 Å². The van der Waals surface area contributed by atoms with E-state index in [1.807, 2.05) is 0 Å². The maximum Gasteiger partial charge on any atom is 0.136 e. The highest BCUT2D eigenvalue weighted by atomic mass is 16.5. The van der Waals surface area contributed by atoms with Crippen molar-refractivity contribution in [2.24, 2.45) is 23.7 Å². The molecule has 1 fully saturated rings. The summed E-state index contributed by atoms with van der Waals surface area (Å²) in [4.78, 5) is 12.5. The highest BCUT2D eigenvalue weighted by Gasteiger charge is 2.37. The van der Waals surface area contributed by atoms with Crippen LogP contribution in [0.1, 0.15) is 72.1 Å². The van der Waals surface area contributed by atoms with Gasteiger partial charge in [0.2, 0.25) is 0 Å². The zero-order chi connectivity index (χ0) is 15.0. The van der Waals surface area contributed by atoms with Gasteiger partial charge >= 0.3 is 0 Å². The van der Waals surface area contributed by atoms with E-state index in [4.69, 9.17) is 4.74 Å². The lowest BCUT2D eigenvalue weighted by molar-refractivity contribution is -0.125. The number of ketones is 1. The van der Waals surface area contributed by atoms with Crippen molar-refractivity contribution in [1.29, 1.82) is 0 Å². The van der Waals surface area contributed by atoms with Crippen LogP contribution in [-0.2, 0) is 9.53 Å². The molecule has 1 aliphatic carbocycles. The van der Waals surface area contributed by atoms with Crippen LogP contribution < -0.4 is 0 Å². The molecule has 2 heteroatoms. The minimum Gasteiger partial charge on any atom is -0.385 e. The molecule has 2 nitrogen and oxygen atoms in total. The molecule has 0 radical (unpaired) electrons. The molecule has 0 heterocycles. The fourth-order valence-electron chi connectivity index (χ4n) is 3.67. The molecule has 0 saturated heterocycles. The Morgan fingerprint density at radius 2 is 1.95 bits per heavy atom. The first-order valence-electron chi connectivity index (χ1n) is 8.57. The Hall–Kier alpha value is -0.370. The van der Waals surface area contributed by atoms with Crippen molar-refractivity contribution in [2.75, 3.05) is 13.7 Å². The van der Waals surface area contributed by atoms with Gasteiger partial charge in [0, 0.05) is 26.1 Å². The van der Waals surface area contributed by atoms with Crippen LogP contribution in [0.5, 0.6) is 0 Å². The zero-order valence-electron chi connectivity index (χ0n) is 14.0. The molecule has 1 rings (SSSR count). The first-order valence-corrected chi connectivity index (χ1v) is 8.57. The minimum absolute atomic E-state index is 0.315. The second kappa shape index (κ2) is 9.55. The van der Waals surface area contributed by atoms with Gasteiger partial charge in [-0.15, -0.1) is 0 Å². The smallest absolute Gasteiger partial charge is 0.136 e. The molecular formula is C18H34O2. The number of methoxy groups -OCH3 is 1. The minimum atomic E-state index is 0.315. The topological polar surface area (TPSA) is 26.3 Å². The zero-order valence-corrected chi connectivity index (χ0v) is 14.0. The Labute approximate surface area is 125 Å². The number of hydrogen-bond donors (Lipinski definition) is 0. The molecule has 0 amide bonds. The normalized spacial score (nSPS) is 26.4. The number of ether oxygens (including phenoxy) is 1. The van der Waals surface area contributed by atoms with E-state index in [2.05, 4.69) is 20.8 Å². The largest absolute Gasteiger partial charge is 0.385 e. The third-order valence-corrected chi connectivity index (χ3v) is 4.88. The van der Waals surface area contributed by atoms with Gasteiger partial charge in [-0.25, -0.2) is 0 Å². The molecule has 0 bridgehead atoms. The summed E-state index contributed by atoms with van der Waals surface area (Å²) in [7, 11) is 1.75. The first kappa shape index (κ1) is 17.7. The van der Waals surface area contributed by atoms with Gasteiger partial charge in [-0.1, -0.05) is 40.0 Å². The monoisotopic (exact) mass is 282 g/mol. The van der Waals surface area contributed by atoms with Gasteiger partial charge in [-0.2, -0.15) is 0 Å². The maximum atomic E-state index is 12.5. The van der Waals surface area contributed by atoms with E-state index in [1.165, 1.54) is 32.1 Å². The number of Topliss-reactive ketones (excluding diaryl/α,β-unsaturated/α-hetero) is 1. The van der Waals surface area contributed by atoms with Crippen LogP contribution in [0.3, 0.4) is 0 Å². The molecule has 0 N–H and O–H groups in total. The lowest BCUT2D eigenvalue weighted by Gasteiger charge is -2.21. The first-order chi connectivity index (χ1) is 9.56. The molecule has 0 spiro atoms. The van der Waals surface area contributed by atoms with Crippen LogP contribution in [0.15, 0.2) is 0 Å². The summed E-state index contributed by atoms with van der Waals surface area (Å²) in [5, 5.41) is 0. The number of rotatable bonds is 10. The van der Waals surface area contributed by atoms with Gasteiger partial charge in [0.1, 0.15) is 5.78 Å². The van der Waals surface area contributed by atoms with Gasteiger partial charge in [0.15, 0.2) is 0 Å². The van der Waals surface area contributed by atoms with Gasteiger partial charge in [0.05, 0.1) is 0 Å². The SMILES string of the molecule is COCCC1CCC(C)C1C(=O)CCCCCC(C)C. The van der Waals surface area contributed by atoms with Crippen LogP contribution in [0.4, 0.5) is 0 Å². The average molecular weight is 282 g/mol. The van der Waals surface area contributed by atoms with Crippen molar-refractivity contribution in [2.45, 2.75) is 72.1 Å². The summed E-state index contributed by atoms with van der Waals surface area (Å²) < 4.78 is 5.19. The fraction of sp³-hybridized carbons (Fsp3) is 0.944. The molecule has 0 aromatic heterocycles. The summed E-state index contributed by atoms with van der Waals surface area (Å²) in [6, 6.07) is 0. The maximum absolute atomic E-state index is 12.5. The fourth-order valence-corrected chi connectivity index (χ4v) is 3.67. The van der Waals surface area contributed by atoms with Gasteiger partial charge in [-0.05, 0) is 43.4 Å². The van der Waals surface area contributed by atoms with Crippen molar-refractivity contribution in [3.63, 3.8) is 0 Å². The van der Waals surface area contributed by atoms with E-state index < -0.39 is 0 Å². The van der Waals surface area contributed by atoms with Crippen LogP contribution in [0.2, 0.25) is 0 Å². The lowest BCUT2D eigenvalue weighted by atomic mass is 9.83. The third kappa shape index (κ3) is 5.95. The third-order valence-electron chi connectivity index (χ3n) is 4.88. The summed E-state index contributed by atoms with van der Waals surface area (Å²) >= 11 is 0. The van der Waals surface area contributed by atoms with Crippen molar-refractivity contribution in [3.05, 3.63) is 0 Å². The molecule has 0 aromatic rings. The Morgan fingerprint density at radius 3 is 2.60 bits per heavy atom. The van der Waals surface area contributed by atoms with E-state index in [0.29, 0.717) is 23.5 Å². The van der Waals surface area contributed by atoms with Crippen LogP contribution >= 0.6 is 0 Å². The predicted octanol–water partition coefficient (Wildman–Crippen LogP) is 4.86. The quantitative estimate of drug-likeness (QED) is 0.535. The number of carbonyl (C=O) groups excluding carboxylic acids is 1. The second-order valence-electron chi connectivity index (χ2n) is 7.08. The molecule has 0 aromatic carbocycles. The molecule has 1 aliphatic rings. The van der Waals surface area contributed by atoms with Gasteiger partial charge in [0.25, 0.3) is 0 Å². The molecule has 0 aliphatic heterocycles. The lowest BCUT2D eigenvalue weighted by Crippen LogP contribution is -2.24. The van der Waals surface area contributed by atoms with E-state index >= 15 is 0 Å². The summed E-state index contributed by atoms with van der Waals surface area (Å²) in [6.45, 7) is 7.60. The second-order valence-corrected chi connectivity index (χ2v) is 7.08. The van der Waals surface area contributed by atoms with Crippen molar-refractivity contribution in [3.8, 4) is 0 Å². The van der Waals surface area contributed by atoms with Crippen LogP contribution in [0, 0.1) is 23.7 Å². The standard InChI is InChI=1S/C18H34O2/c1-14(2)8-6-5-7-9-17(19)18-15(3)10-11-16(18)12-13-20-4/h14-16,18H,5-13H2,1-4H3. The van der Waals surface area contributed by atoms with Gasteiger partial charge in [-0.3, -0.25) is 4.79 Å². The number of unbranched alkanes of at least 4 members (excludes halogenated alkanes) is 2. The number of carbonyl (C=O) groups is 1. The van der Waals surface area contributed by atoms with Crippen LogP contribution in [0.25, 0.3) is 0 Å². The molecule has 1 saturated carbocycles. The Kier molecular flexibility index (Phi) is 8.44. The molecule has 3 unspecified atom stereocenters. The van der Waals surface area contributed by atoms with E-state index in [1.54, 1.807) is 7.11 Å². The highest BCUT2D eigenvalue weighted by molar-refractivity contribution is 5.81. The Balaban J connectivity index is 2.28. The van der Waals surface area contributed by atoms with Crippen molar-refractivity contribution >= 4 is 5.78 Å². The predicted molar refractivity (Wildman–Crippen MR) is 84.8 cm³/mol. The van der Waals surface area contributed by atoms with Gasteiger partial charge < -0.3 is 4.74 Å².